The average molecular weight is 283 g/mol. The van der Waals surface area contributed by atoms with Crippen LogP contribution in [0.5, 0.6) is 0 Å². The van der Waals surface area contributed by atoms with Crippen molar-refractivity contribution in [1.82, 2.24) is 0 Å². The molecule has 0 aromatic heterocycles. The summed E-state index contributed by atoms with van der Waals surface area (Å²) in [7, 11) is 0. The van der Waals surface area contributed by atoms with Crippen LogP contribution in [0.4, 0.5) is 5.69 Å². The van der Waals surface area contributed by atoms with Gasteiger partial charge in [0.15, 0.2) is 0 Å². The summed E-state index contributed by atoms with van der Waals surface area (Å²) in [5.74, 6) is -1.04. The molecular weight excluding hydrogens is 266 g/mol. The predicted octanol–water partition coefficient (Wildman–Crippen LogP) is 3.26. The van der Waals surface area contributed by atoms with Crippen molar-refractivity contribution in [2.24, 2.45) is 0 Å². The molecule has 2 aromatic rings. The Balaban J connectivity index is 2.18. The minimum Gasteiger partial charge on any atom is -0.481 e. The smallest absolute Gasteiger partial charge is 0.303 e. The molecular formula is C17H17NO3. The average Bonchev–Trinajstić information content (AvgIpc) is 2.46. The highest BCUT2D eigenvalue weighted by Gasteiger charge is 2.11. The van der Waals surface area contributed by atoms with E-state index in [1.807, 2.05) is 43.3 Å². The molecule has 0 radical (unpaired) electrons. The van der Waals surface area contributed by atoms with E-state index in [4.69, 9.17) is 5.11 Å². The number of hydrogen-bond acceptors (Lipinski definition) is 2. The summed E-state index contributed by atoms with van der Waals surface area (Å²) in [6.45, 7) is 1.88. The van der Waals surface area contributed by atoms with E-state index in [2.05, 4.69) is 5.32 Å². The summed E-state index contributed by atoms with van der Waals surface area (Å²) in [5, 5.41) is 11.6. The fraction of sp³-hybridized carbons (Fsp3) is 0.176. The van der Waals surface area contributed by atoms with Gasteiger partial charge in [-0.15, -0.1) is 0 Å². The minimum atomic E-state index is -0.852. The Morgan fingerprint density at radius 2 is 1.71 bits per heavy atom. The normalized spacial score (nSPS) is 10.1. The zero-order chi connectivity index (χ0) is 15.2. The van der Waals surface area contributed by atoms with Crippen LogP contribution >= 0.6 is 0 Å². The molecule has 0 aliphatic heterocycles. The van der Waals surface area contributed by atoms with Crippen LogP contribution in [0.15, 0.2) is 48.5 Å². The molecule has 0 aliphatic rings. The van der Waals surface area contributed by atoms with Gasteiger partial charge < -0.3 is 10.4 Å². The molecule has 108 valence electrons. The molecule has 4 nitrogen and oxygen atoms in total. The summed E-state index contributed by atoms with van der Waals surface area (Å²) in [6, 6.07) is 14.6. The highest BCUT2D eigenvalue weighted by molar-refractivity contribution is 6.05. The first-order valence-corrected chi connectivity index (χ1v) is 6.74. The Labute approximate surface area is 123 Å². The third-order valence-electron chi connectivity index (χ3n) is 3.26. The van der Waals surface area contributed by atoms with E-state index in [1.54, 1.807) is 12.1 Å². The van der Waals surface area contributed by atoms with Crippen molar-refractivity contribution < 1.29 is 14.7 Å². The number of aliphatic carboxylic acids is 1. The SMILES string of the molecule is Cc1ccccc1C(=O)Nc1ccccc1CCC(=O)O. The van der Waals surface area contributed by atoms with E-state index in [1.165, 1.54) is 0 Å². The third-order valence-corrected chi connectivity index (χ3v) is 3.26. The summed E-state index contributed by atoms with van der Waals surface area (Å²) >= 11 is 0. The summed E-state index contributed by atoms with van der Waals surface area (Å²) in [6.07, 6.45) is 0.427. The van der Waals surface area contributed by atoms with Gasteiger partial charge >= 0.3 is 5.97 Å². The zero-order valence-corrected chi connectivity index (χ0v) is 11.8. The maximum atomic E-state index is 12.3. The molecule has 0 saturated heterocycles. The maximum absolute atomic E-state index is 12.3. The minimum absolute atomic E-state index is 0.0389. The van der Waals surface area contributed by atoms with E-state index in [-0.39, 0.29) is 12.3 Å². The number of para-hydroxylation sites is 1. The molecule has 2 aromatic carbocycles. The van der Waals surface area contributed by atoms with Crippen molar-refractivity contribution >= 4 is 17.6 Å². The second-order valence-corrected chi connectivity index (χ2v) is 4.82. The molecule has 0 heterocycles. The van der Waals surface area contributed by atoms with Crippen molar-refractivity contribution in [3.63, 3.8) is 0 Å². The first-order chi connectivity index (χ1) is 10.1. The summed E-state index contributed by atoms with van der Waals surface area (Å²) in [5.41, 5.74) is 3.00. The molecule has 1 amide bonds. The number of benzene rings is 2. The molecule has 0 saturated carbocycles. The number of carboxylic acids is 1. The molecule has 2 rings (SSSR count). The molecule has 21 heavy (non-hydrogen) atoms. The van der Waals surface area contributed by atoms with Crippen molar-refractivity contribution in [1.29, 1.82) is 0 Å². The molecule has 4 heteroatoms. The third kappa shape index (κ3) is 3.92. The Hall–Kier alpha value is -2.62. The Morgan fingerprint density at radius 1 is 1.05 bits per heavy atom. The van der Waals surface area contributed by atoms with Crippen LogP contribution in [0.3, 0.4) is 0 Å². The van der Waals surface area contributed by atoms with Gasteiger partial charge in [0.05, 0.1) is 0 Å². The lowest BCUT2D eigenvalue weighted by molar-refractivity contribution is -0.136. The van der Waals surface area contributed by atoms with Gasteiger partial charge in [-0.2, -0.15) is 0 Å². The predicted molar refractivity (Wildman–Crippen MR) is 81.5 cm³/mol. The molecule has 0 aliphatic carbocycles. The number of aryl methyl sites for hydroxylation is 2. The molecule has 0 bridgehead atoms. The van der Waals surface area contributed by atoms with Crippen LogP contribution in [0, 0.1) is 6.92 Å². The van der Waals surface area contributed by atoms with Crippen LogP contribution in [0.25, 0.3) is 0 Å². The van der Waals surface area contributed by atoms with Gasteiger partial charge in [-0.25, -0.2) is 0 Å². The number of carbonyl (C=O) groups is 2. The van der Waals surface area contributed by atoms with Crippen LogP contribution in [0.2, 0.25) is 0 Å². The standard InChI is InChI=1S/C17H17NO3/c1-12-6-2-4-8-14(12)17(21)18-15-9-5-3-7-13(15)10-11-16(19)20/h2-9H,10-11H2,1H3,(H,18,21)(H,19,20). The number of hydrogen-bond donors (Lipinski definition) is 2. The lowest BCUT2D eigenvalue weighted by Gasteiger charge is -2.11. The van der Waals surface area contributed by atoms with Gasteiger partial charge in [0.2, 0.25) is 0 Å². The highest BCUT2D eigenvalue weighted by atomic mass is 16.4. The van der Waals surface area contributed by atoms with E-state index in [0.717, 1.165) is 11.1 Å². The lowest BCUT2D eigenvalue weighted by atomic mass is 10.1. The van der Waals surface area contributed by atoms with Gasteiger partial charge in [-0.05, 0) is 36.6 Å². The fourth-order valence-corrected chi connectivity index (χ4v) is 2.12. The monoisotopic (exact) mass is 283 g/mol. The molecule has 0 unspecified atom stereocenters. The van der Waals surface area contributed by atoms with Gasteiger partial charge in [-0.3, -0.25) is 9.59 Å². The Kier molecular flexibility index (Phi) is 4.72. The van der Waals surface area contributed by atoms with E-state index in [9.17, 15) is 9.59 Å². The van der Waals surface area contributed by atoms with E-state index in [0.29, 0.717) is 17.7 Å². The van der Waals surface area contributed by atoms with E-state index >= 15 is 0 Å². The molecule has 0 fully saturated rings. The fourth-order valence-electron chi connectivity index (χ4n) is 2.12. The molecule has 2 N–H and O–H groups in total. The summed E-state index contributed by atoms with van der Waals surface area (Å²) < 4.78 is 0. The zero-order valence-electron chi connectivity index (χ0n) is 11.8. The molecule has 0 spiro atoms. The Morgan fingerprint density at radius 3 is 2.43 bits per heavy atom. The van der Waals surface area contributed by atoms with Crippen molar-refractivity contribution in [2.45, 2.75) is 19.8 Å². The maximum Gasteiger partial charge on any atom is 0.303 e. The van der Waals surface area contributed by atoms with Gasteiger partial charge in [-0.1, -0.05) is 36.4 Å². The summed E-state index contributed by atoms with van der Waals surface area (Å²) in [4.78, 5) is 23.0. The number of anilines is 1. The second kappa shape index (κ2) is 6.70. The number of amides is 1. The largest absolute Gasteiger partial charge is 0.481 e. The quantitative estimate of drug-likeness (QED) is 0.885. The second-order valence-electron chi connectivity index (χ2n) is 4.82. The number of carboxylic acid groups (broad SMARTS) is 1. The molecule has 0 atom stereocenters. The topological polar surface area (TPSA) is 66.4 Å². The van der Waals surface area contributed by atoms with Crippen molar-refractivity contribution in [2.75, 3.05) is 5.32 Å². The van der Waals surface area contributed by atoms with Crippen molar-refractivity contribution in [3.05, 3.63) is 65.2 Å². The van der Waals surface area contributed by atoms with Crippen LogP contribution in [-0.2, 0) is 11.2 Å². The first-order valence-electron chi connectivity index (χ1n) is 6.74. The van der Waals surface area contributed by atoms with Crippen LogP contribution < -0.4 is 5.32 Å². The number of nitrogens with one attached hydrogen (secondary N) is 1. The van der Waals surface area contributed by atoms with E-state index < -0.39 is 5.97 Å². The van der Waals surface area contributed by atoms with Crippen molar-refractivity contribution in [3.8, 4) is 0 Å². The number of rotatable bonds is 5. The van der Waals surface area contributed by atoms with Gasteiger partial charge in [0.25, 0.3) is 5.91 Å². The van der Waals surface area contributed by atoms with Gasteiger partial charge in [0.1, 0.15) is 0 Å². The van der Waals surface area contributed by atoms with Crippen LogP contribution in [-0.4, -0.2) is 17.0 Å². The lowest BCUT2D eigenvalue weighted by Crippen LogP contribution is -2.14. The number of carbonyl (C=O) groups excluding carboxylic acids is 1. The first kappa shape index (κ1) is 14.8. The Bertz CT molecular complexity index is 665. The highest BCUT2D eigenvalue weighted by Crippen LogP contribution is 2.18. The van der Waals surface area contributed by atoms with Gasteiger partial charge in [0, 0.05) is 17.7 Å². The van der Waals surface area contributed by atoms with Crippen LogP contribution in [0.1, 0.15) is 27.9 Å².